The summed E-state index contributed by atoms with van der Waals surface area (Å²) in [5.74, 6) is -0.564. The summed E-state index contributed by atoms with van der Waals surface area (Å²) >= 11 is 2.68. The van der Waals surface area contributed by atoms with E-state index in [-0.39, 0.29) is 12.2 Å². The normalized spacial score (nSPS) is 15.8. The van der Waals surface area contributed by atoms with Gasteiger partial charge in [0.2, 0.25) is 0 Å². The molecule has 1 atom stereocenters. The lowest BCUT2D eigenvalue weighted by Gasteiger charge is -2.23. The highest BCUT2D eigenvalue weighted by Crippen LogP contribution is 2.33. The zero-order valence-corrected chi connectivity index (χ0v) is 19.3. The van der Waals surface area contributed by atoms with E-state index in [9.17, 15) is 14.4 Å². The van der Waals surface area contributed by atoms with E-state index in [1.165, 1.54) is 34.2 Å². The van der Waals surface area contributed by atoms with Crippen molar-refractivity contribution in [2.45, 2.75) is 26.8 Å². The largest absolute Gasteiger partial charge is 0.463 e. The van der Waals surface area contributed by atoms with Crippen LogP contribution in [0.25, 0.3) is 6.08 Å². The number of aromatic nitrogens is 1. The zero-order valence-electron chi connectivity index (χ0n) is 17.7. The van der Waals surface area contributed by atoms with Crippen molar-refractivity contribution in [3.8, 4) is 5.75 Å². The summed E-state index contributed by atoms with van der Waals surface area (Å²) in [6.45, 7) is 5.04. The Labute approximate surface area is 191 Å². The van der Waals surface area contributed by atoms with E-state index < -0.39 is 18.0 Å². The van der Waals surface area contributed by atoms with Gasteiger partial charge in [0.15, 0.2) is 4.80 Å². The van der Waals surface area contributed by atoms with Crippen molar-refractivity contribution >= 4 is 40.7 Å². The van der Waals surface area contributed by atoms with Crippen LogP contribution in [0.4, 0.5) is 0 Å². The molecule has 0 spiro atoms. The average Bonchev–Trinajstić information content (AvgIpc) is 3.37. The molecule has 164 valence electrons. The minimum Gasteiger partial charge on any atom is -0.463 e. The summed E-state index contributed by atoms with van der Waals surface area (Å²) in [5.41, 5.74) is 1.20. The number of thiazole rings is 1. The second-order valence-electron chi connectivity index (χ2n) is 6.95. The number of rotatable bonds is 5. The van der Waals surface area contributed by atoms with Crippen LogP contribution >= 0.6 is 22.7 Å². The number of hydrogen-bond acceptors (Lipinski definition) is 8. The Hall–Kier alpha value is -3.30. The first-order valence-electron chi connectivity index (χ1n) is 9.91. The zero-order chi connectivity index (χ0) is 22.8. The summed E-state index contributed by atoms with van der Waals surface area (Å²) in [7, 11) is 0. The van der Waals surface area contributed by atoms with Crippen LogP contribution in [0.1, 0.15) is 37.3 Å². The highest BCUT2D eigenvalue weighted by molar-refractivity contribution is 7.10. The topological polar surface area (TPSA) is 87.0 Å². The molecule has 4 rings (SSSR count). The first-order chi connectivity index (χ1) is 15.4. The maximum atomic E-state index is 13.5. The number of carbonyl (C=O) groups excluding carboxylic acids is 2. The molecular weight excluding hydrogens is 448 g/mol. The first-order valence-corrected chi connectivity index (χ1v) is 11.6. The van der Waals surface area contributed by atoms with Crippen LogP contribution in [0.15, 0.2) is 62.8 Å². The standard InChI is InChI=1S/C23H20N2O5S2/c1-4-29-22(28)19-13(2)24-23-25(20(19)17-10-7-11-31-17)21(27)18(32-23)12-15-8-5-6-9-16(15)30-14(3)26/h5-12,20H,4H2,1-3H3/t20-/m0/s1. The molecule has 0 N–H and O–H groups in total. The quantitative estimate of drug-likeness (QED) is 0.425. The fraction of sp³-hybridized carbons (Fsp3) is 0.217. The lowest BCUT2D eigenvalue weighted by atomic mass is 10.0. The van der Waals surface area contributed by atoms with E-state index in [1.54, 1.807) is 44.2 Å². The van der Waals surface area contributed by atoms with Gasteiger partial charge in [-0.3, -0.25) is 14.2 Å². The van der Waals surface area contributed by atoms with Gasteiger partial charge >= 0.3 is 11.9 Å². The smallest absolute Gasteiger partial charge is 0.338 e. The van der Waals surface area contributed by atoms with Gasteiger partial charge in [-0.05, 0) is 37.4 Å². The number of fused-ring (bicyclic) bond motifs is 1. The second kappa shape index (κ2) is 9.05. The monoisotopic (exact) mass is 468 g/mol. The Kier molecular flexibility index (Phi) is 6.20. The molecule has 32 heavy (non-hydrogen) atoms. The molecule has 0 fully saturated rings. The van der Waals surface area contributed by atoms with E-state index in [0.717, 1.165) is 4.88 Å². The van der Waals surface area contributed by atoms with Gasteiger partial charge < -0.3 is 9.47 Å². The lowest BCUT2D eigenvalue weighted by molar-refractivity contribution is -0.139. The number of benzene rings is 1. The van der Waals surface area contributed by atoms with Gasteiger partial charge in [0.05, 0.1) is 22.4 Å². The number of para-hydroxylation sites is 1. The summed E-state index contributed by atoms with van der Waals surface area (Å²) < 4.78 is 12.5. The molecule has 0 saturated carbocycles. The van der Waals surface area contributed by atoms with Crippen LogP contribution in [0, 0.1) is 0 Å². The number of nitrogens with zero attached hydrogens (tertiary/aromatic N) is 2. The molecule has 2 aromatic heterocycles. The van der Waals surface area contributed by atoms with Crippen LogP contribution in [0.5, 0.6) is 5.75 Å². The summed E-state index contributed by atoms with van der Waals surface area (Å²) in [6.07, 6.45) is 1.68. The highest BCUT2D eigenvalue weighted by atomic mass is 32.1. The third kappa shape index (κ3) is 4.09. The van der Waals surface area contributed by atoms with Crippen molar-refractivity contribution in [2.75, 3.05) is 6.61 Å². The molecule has 0 bridgehead atoms. The molecule has 3 heterocycles. The van der Waals surface area contributed by atoms with Gasteiger partial charge in [-0.25, -0.2) is 9.79 Å². The first kappa shape index (κ1) is 21.9. The Bertz CT molecular complexity index is 1400. The van der Waals surface area contributed by atoms with Crippen molar-refractivity contribution < 1.29 is 19.1 Å². The van der Waals surface area contributed by atoms with Gasteiger partial charge in [-0.2, -0.15) is 0 Å². The maximum absolute atomic E-state index is 13.5. The fourth-order valence-electron chi connectivity index (χ4n) is 3.50. The van der Waals surface area contributed by atoms with Crippen LogP contribution in [-0.2, 0) is 14.3 Å². The minimum atomic E-state index is -0.615. The van der Waals surface area contributed by atoms with Gasteiger partial charge in [0, 0.05) is 17.4 Å². The minimum absolute atomic E-state index is 0.226. The SMILES string of the molecule is CCOC(=O)C1=C(C)N=c2sc(=Cc3ccccc3OC(C)=O)c(=O)n2[C@H]1c1cccs1. The Balaban J connectivity index is 1.92. The van der Waals surface area contributed by atoms with Crippen LogP contribution < -0.4 is 19.6 Å². The molecule has 7 nitrogen and oxygen atoms in total. The van der Waals surface area contributed by atoms with Gasteiger partial charge in [-0.1, -0.05) is 35.6 Å². The molecule has 9 heteroatoms. The average molecular weight is 469 g/mol. The van der Waals surface area contributed by atoms with Gasteiger partial charge in [0.25, 0.3) is 5.56 Å². The predicted molar refractivity (Wildman–Crippen MR) is 122 cm³/mol. The summed E-state index contributed by atoms with van der Waals surface area (Å²) in [5, 5.41) is 1.90. The van der Waals surface area contributed by atoms with Crippen molar-refractivity contribution in [2.24, 2.45) is 4.99 Å². The number of carbonyl (C=O) groups is 2. The number of allylic oxidation sites excluding steroid dienone is 1. The molecule has 3 aromatic rings. The third-order valence-electron chi connectivity index (χ3n) is 4.79. The number of thiophene rings is 1. The number of ether oxygens (including phenoxy) is 2. The van der Waals surface area contributed by atoms with Gasteiger partial charge in [-0.15, -0.1) is 11.3 Å². The number of esters is 2. The molecule has 1 aliphatic rings. The van der Waals surface area contributed by atoms with E-state index in [4.69, 9.17) is 9.47 Å². The summed E-state index contributed by atoms with van der Waals surface area (Å²) in [4.78, 5) is 43.6. The Morgan fingerprint density at radius 3 is 2.69 bits per heavy atom. The second-order valence-corrected chi connectivity index (χ2v) is 8.94. The van der Waals surface area contributed by atoms with E-state index in [2.05, 4.69) is 4.99 Å². The van der Waals surface area contributed by atoms with E-state index in [1.807, 2.05) is 17.5 Å². The predicted octanol–water partition coefficient (Wildman–Crippen LogP) is 2.79. The molecule has 0 amide bonds. The van der Waals surface area contributed by atoms with Gasteiger partial charge in [0.1, 0.15) is 11.8 Å². The number of hydrogen-bond donors (Lipinski definition) is 0. The van der Waals surface area contributed by atoms with Crippen molar-refractivity contribution in [1.82, 2.24) is 4.57 Å². The highest BCUT2D eigenvalue weighted by Gasteiger charge is 2.33. The molecular formula is C23H20N2O5S2. The Morgan fingerprint density at radius 1 is 1.22 bits per heavy atom. The van der Waals surface area contributed by atoms with Crippen LogP contribution in [0.3, 0.4) is 0 Å². The maximum Gasteiger partial charge on any atom is 0.338 e. The summed E-state index contributed by atoms with van der Waals surface area (Å²) in [6, 6.07) is 10.1. The van der Waals surface area contributed by atoms with Crippen molar-refractivity contribution in [3.05, 3.63) is 83.2 Å². The van der Waals surface area contributed by atoms with Crippen molar-refractivity contribution in [3.63, 3.8) is 0 Å². The lowest BCUT2D eigenvalue weighted by Crippen LogP contribution is -2.39. The molecule has 0 saturated heterocycles. The van der Waals surface area contributed by atoms with Crippen molar-refractivity contribution in [1.29, 1.82) is 0 Å². The van der Waals surface area contributed by atoms with Crippen LogP contribution in [0.2, 0.25) is 0 Å². The molecule has 1 aliphatic heterocycles. The molecule has 0 unspecified atom stereocenters. The Morgan fingerprint density at radius 2 is 2.00 bits per heavy atom. The van der Waals surface area contributed by atoms with E-state index >= 15 is 0 Å². The molecule has 1 aromatic carbocycles. The third-order valence-corrected chi connectivity index (χ3v) is 6.70. The van der Waals surface area contributed by atoms with E-state index in [0.29, 0.717) is 31.9 Å². The fourth-order valence-corrected chi connectivity index (χ4v) is 5.36. The molecule has 0 aliphatic carbocycles. The molecule has 0 radical (unpaired) electrons. The van der Waals surface area contributed by atoms with Crippen LogP contribution in [-0.4, -0.2) is 23.1 Å².